The summed E-state index contributed by atoms with van der Waals surface area (Å²) in [4.78, 5) is 12.2. The van der Waals surface area contributed by atoms with Crippen LogP contribution in [-0.4, -0.2) is 31.7 Å². The van der Waals surface area contributed by atoms with Crippen molar-refractivity contribution in [1.29, 1.82) is 0 Å². The number of benzene rings is 1. The average Bonchev–Trinajstić information content (AvgIpc) is 3.25. The lowest BCUT2D eigenvalue weighted by atomic mass is 10.0. The highest BCUT2D eigenvalue weighted by atomic mass is 32.2. The van der Waals surface area contributed by atoms with Crippen molar-refractivity contribution in [2.45, 2.75) is 38.0 Å². The molecule has 6 heteroatoms. The van der Waals surface area contributed by atoms with E-state index in [2.05, 4.69) is 19.2 Å². The molecule has 2 aliphatic rings. The van der Waals surface area contributed by atoms with Gasteiger partial charge in [0.25, 0.3) is 0 Å². The van der Waals surface area contributed by atoms with Crippen LogP contribution in [0, 0.1) is 17.8 Å². The number of carbonyl (C=O) groups is 1. The van der Waals surface area contributed by atoms with Crippen molar-refractivity contribution in [2.24, 2.45) is 17.8 Å². The number of rotatable bonds is 4. The lowest BCUT2D eigenvalue weighted by Gasteiger charge is -2.30. The molecule has 1 saturated carbocycles. The second kappa shape index (κ2) is 6.24. The lowest BCUT2D eigenvalue weighted by Crippen LogP contribution is -2.39. The topological polar surface area (TPSA) is 66.5 Å². The zero-order valence-electron chi connectivity index (χ0n) is 13.7. The van der Waals surface area contributed by atoms with Crippen LogP contribution < -0.4 is 5.32 Å². The van der Waals surface area contributed by atoms with Gasteiger partial charge in [0.1, 0.15) is 0 Å². The first kappa shape index (κ1) is 16.5. The van der Waals surface area contributed by atoms with Gasteiger partial charge in [-0.2, -0.15) is 4.31 Å². The number of hydrogen-bond donors (Lipinski definition) is 1. The van der Waals surface area contributed by atoms with Gasteiger partial charge in [0, 0.05) is 24.7 Å². The number of carbonyl (C=O) groups excluding carboxylic acids is 1. The van der Waals surface area contributed by atoms with Gasteiger partial charge < -0.3 is 5.32 Å². The Hall–Kier alpha value is -1.40. The molecule has 3 atom stereocenters. The standard InChI is InChI=1S/C17H24N2O3S/c1-12-4-3-9-19(11-12)23(21,22)15-7-5-14(6-8-15)18-17(20)16-10-13(16)2/h5-8,12-13,16H,3-4,9-11H2,1-2H3,(H,18,20)/t12-,13-,16-/m1/s1. The fourth-order valence-electron chi connectivity index (χ4n) is 3.15. The Morgan fingerprint density at radius 3 is 2.43 bits per heavy atom. The quantitative estimate of drug-likeness (QED) is 0.919. The van der Waals surface area contributed by atoms with Crippen molar-refractivity contribution in [3.63, 3.8) is 0 Å². The summed E-state index contributed by atoms with van der Waals surface area (Å²) in [6.45, 7) is 5.31. The predicted molar refractivity (Wildman–Crippen MR) is 89.5 cm³/mol. The largest absolute Gasteiger partial charge is 0.326 e. The highest BCUT2D eigenvalue weighted by Gasteiger charge is 2.39. The van der Waals surface area contributed by atoms with Crippen molar-refractivity contribution in [3.8, 4) is 0 Å². The summed E-state index contributed by atoms with van der Waals surface area (Å²) in [5, 5.41) is 2.85. The zero-order chi connectivity index (χ0) is 16.6. The third-order valence-corrected chi connectivity index (χ3v) is 6.70. The molecule has 0 spiro atoms. The third kappa shape index (κ3) is 3.58. The predicted octanol–water partition coefficient (Wildman–Crippen LogP) is 2.70. The summed E-state index contributed by atoms with van der Waals surface area (Å²) in [7, 11) is -3.43. The van der Waals surface area contributed by atoms with Crippen LogP contribution in [0.5, 0.6) is 0 Å². The molecule has 126 valence electrons. The Morgan fingerprint density at radius 2 is 1.87 bits per heavy atom. The number of hydrogen-bond acceptors (Lipinski definition) is 3. The van der Waals surface area contributed by atoms with E-state index in [1.807, 2.05) is 0 Å². The molecule has 1 aromatic carbocycles. The minimum Gasteiger partial charge on any atom is -0.326 e. The van der Waals surface area contributed by atoms with E-state index in [1.54, 1.807) is 28.6 Å². The number of anilines is 1. The van der Waals surface area contributed by atoms with Crippen LogP contribution in [0.1, 0.15) is 33.1 Å². The number of nitrogens with one attached hydrogen (secondary N) is 1. The summed E-state index contributed by atoms with van der Waals surface area (Å²) in [6, 6.07) is 6.51. The fraction of sp³-hybridized carbons (Fsp3) is 0.588. The van der Waals surface area contributed by atoms with Gasteiger partial charge in [-0.15, -0.1) is 0 Å². The van der Waals surface area contributed by atoms with E-state index in [0.717, 1.165) is 19.3 Å². The molecule has 1 aliphatic heterocycles. The molecule has 1 N–H and O–H groups in total. The van der Waals surface area contributed by atoms with Crippen LogP contribution in [0.2, 0.25) is 0 Å². The summed E-state index contributed by atoms with van der Waals surface area (Å²) in [5.41, 5.74) is 0.653. The van der Waals surface area contributed by atoms with Gasteiger partial charge in [0.2, 0.25) is 15.9 Å². The normalized spacial score (nSPS) is 28.3. The molecule has 0 bridgehead atoms. The molecule has 0 unspecified atom stereocenters. The first-order chi connectivity index (χ1) is 10.9. The Labute approximate surface area is 138 Å². The van der Waals surface area contributed by atoms with Gasteiger partial charge in [-0.1, -0.05) is 13.8 Å². The van der Waals surface area contributed by atoms with E-state index in [9.17, 15) is 13.2 Å². The molecule has 0 radical (unpaired) electrons. The van der Waals surface area contributed by atoms with Crippen LogP contribution in [0.4, 0.5) is 5.69 Å². The molecule has 5 nitrogen and oxygen atoms in total. The van der Waals surface area contributed by atoms with E-state index in [4.69, 9.17) is 0 Å². The molecule has 23 heavy (non-hydrogen) atoms. The van der Waals surface area contributed by atoms with E-state index >= 15 is 0 Å². The van der Waals surface area contributed by atoms with Crippen LogP contribution >= 0.6 is 0 Å². The maximum Gasteiger partial charge on any atom is 0.243 e. The van der Waals surface area contributed by atoms with Crippen molar-refractivity contribution in [3.05, 3.63) is 24.3 Å². The van der Waals surface area contributed by atoms with E-state index in [0.29, 0.717) is 35.5 Å². The van der Waals surface area contributed by atoms with Crippen LogP contribution in [0.3, 0.4) is 0 Å². The molecule has 1 amide bonds. The Morgan fingerprint density at radius 1 is 1.22 bits per heavy atom. The molecule has 1 heterocycles. The van der Waals surface area contributed by atoms with E-state index in [1.165, 1.54) is 0 Å². The van der Waals surface area contributed by atoms with Crippen molar-refractivity contribution in [1.82, 2.24) is 4.31 Å². The van der Waals surface area contributed by atoms with Crippen molar-refractivity contribution >= 4 is 21.6 Å². The first-order valence-electron chi connectivity index (χ1n) is 8.29. The van der Waals surface area contributed by atoms with E-state index < -0.39 is 10.0 Å². The lowest BCUT2D eigenvalue weighted by molar-refractivity contribution is -0.117. The molecule has 1 aromatic rings. The van der Waals surface area contributed by atoms with Gasteiger partial charge in [0.05, 0.1) is 4.90 Å². The molecular weight excluding hydrogens is 312 g/mol. The van der Waals surface area contributed by atoms with Crippen LogP contribution in [0.25, 0.3) is 0 Å². The number of sulfonamides is 1. The summed E-state index contributed by atoms with van der Waals surface area (Å²) < 4.78 is 26.9. The minimum atomic E-state index is -3.43. The smallest absolute Gasteiger partial charge is 0.243 e. The van der Waals surface area contributed by atoms with Crippen LogP contribution in [-0.2, 0) is 14.8 Å². The van der Waals surface area contributed by atoms with Gasteiger partial charge >= 0.3 is 0 Å². The second-order valence-corrected chi connectivity index (χ2v) is 8.88. The maximum atomic E-state index is 12.7. The van der Waals surface area contributed by atoms with Crippen molar-refractivity contribution < 1.29 is 13.2 Å². The molecule has 2 fully saturated rings. The second-order valence-electron chi connectivity index (χ2n) is 6.94. The molecule has 0 aromatic heterocycles. The SMILES string of the molecule is C[C@@H]1CCCN(S(=O)(=O)c2ccc(NC(=O)[C@@H]3C[C@H]3C)cc2)C1. The molecule has 1 aliphatic carbocycles. The number of amides is 1. The van der Waals surface area contributed by atoms with E-state index in [-0.39, 0.29) is 11.8 Å². The van der Waals surface area contributed by atoms with Crippen LogP contribution in [0.15, 0.2) is 29.2 Å². The monoisotopic (exact) mass is 336 g/mol. The van der Waals surface area contributed by atoms with Gasteiger partial charge in [0.15, 0.2) is 0 Å². The van der Waals surface area contributed by atoms with Crippen molar-refractivity contribution in [2.75, 3.05) is 18.4 Å². The highest BCUT2D eigenvalue weighted by molar-refractivity contribution is 7.89. The maximum absolute atomic E-state index is 12.7. The Bertz CT molecular complexity index is 684. The molecule has 1 saturated heterocycles. The number of piperidine rings is 1. The molecular formula is C17H24N2O3S. The van der Waals surface area contributed by atoms with Gasteiger partial charge in [-0.3, -0.25) is 4.79 Å². The Balaban J connectivity index is 1.69. The third-order valence-electron chi connectivity index (χ3n) is 4.83. The summed E-state index contributed by atoms with van der Waals surface area (Å²) in [5.74, 6) is 0.986. The van der Waals surface area contributed by atoms with Gasteiger partial charge in [-0.05, 0) is 55.4 Å². The van der Waals surface area contributed by atoms with Gasteiger partial charge in [-0.25, -0.2) is 8.42 Å². The fourth-order valence-corrected chi connectivity index (χ4v) is 4.74. The summed E-state index contributed by atoms with van der Waals surface area (Å²) >= 11 is 0. The summed E-state index contributed by atoms with van der Waals surface area (Å²) in [6.07, 6.45) is 2.93. The minimum absolute atomic E-state index is 0.0259. The Kier molecular flexibility index (Phi) is 4.47. The number of nitrogens with zero attached hydrogens (tertiary/aromatic N) is 1. The highest BCUT2D eigenvalue weighted by Crippen LogP contribution is 2.38. The molecule has 3 rings (SSSR count). The zero-order valence-corrected chi connectivity index (χ0v) is 14.5. The first-order valence-corrected chi connectivity index (χ1v) is 9.73. The average molecular weight is 336 g/mol.